The Hall–Kier alpha value is -1.37. The molecule has 0 heterocycles. The molecule has 17 heavy (non-hydrogen) atoms. The molecule has 0 saturated heterocycles. The highest BCUT2D eigenvalue weighted by Crippen LogP contribution is 2.01. The van der Waals surface area contributed by atoms with Gasteiger partial charge in [-0.2, -0.15) is 5.26 Å². The van der Waals surface area contributed by atoms with Crippen molar-refractivity contribution in [2.45, 2.75) is 25.9 Å². The largest absolute Gasteiger partial charge is 0.377 e. The van der Waals surface area contributed by atoms with E-state index < -0.39 is 0 Å². The minimum absolute atomic E-state index is 0.588. The highest BCUT2D eigenvalue weighted by molar-refractivity contribution is 5.13. The topological polar surface area (TPSA) is 45.0 Å². The molecule has 1 N–H and O–H groups in total. The van der Waals surface area contributed by atoms with Crippen LogP contribution in [0.4, 0.5) is 0 Å². The molecule has 0 amide bonds. The molecule has 0 bridgehead atoms. The zero-order valence-corrected chi connectivity index (χ0v) is 10.2. The Morgan fingerprint density at radius 3 is 2.71 bits per heavy atom. The summed E-state index contributed by atoms with van der Waals surface area (Å²) >= 11 is 0. The van der Waals surface area contributed by atoms with Crippen LogP contribution in [-0.4, -0.2) is 19.7 Å². The summed E-state index contributed by atoms with van der Waals surface area (Å²) < 4.78 is 5.57. The lowest BCUT2D eigenvalue weighted by atomic mass is 10.2. The summed E-state index contributed by atoms with van der Waals surface area (Å²) in [5.41, 5.74) is 1.22. The van der Waals surface area contributed by atoms with Crippen molar-refractivity contribution in [3.8, 4) is 6.07 Å². The summed E-state index contributed by atoms with van der Waals surface area (Å²) in [6, 6.07) is 12.3. The maximum absolute atomic E-state index is 8.34. The van der Waals surface area contributed by atoms with Gasteiger partial charge in [0.25, 0.3) is 0 Å². The Bertz CT molecular complexity index is 319. The zero-order chi connectivity index (χ0) is 12.2. The maximum Gasteiger partial charge on any atom is 0.0716 e. The van der Waals surface area contributed by atoms with Gasteiger partial charge in [0, 0.05) is 19.6 Å². The molecule has 1 rings (SSSR count). The molecule has 0 aliphatic carbocycles. The van der Waals surface area contributed by atoms with E-state index in [9.17, 15) is 0 Å². The quantitative estimate of drug-likeness (QED) is 0.665. The smallest absolute Gasteiger partial charge is 0.0716 e. The first kappa shape index (κ1) is 13.7. The van der Waals surface area contributed by atoms with Crippen LogP contribution in [-0.2, 0) is 11.3 Å². The molecule has 0 radical (unpaired) electrons. The number of nitrogens with zero attached hydrogens (tertiary/aromatic N) is 1. The third kappa shape index (κ3) is 7.51. The van der Waals surface area contributed by atoms with Crippen LogP contribution in [0.5, 0.6) is 0 Å². The fourth-order valence-corrected chi connectivity index (χ4v) is 1.49. The van der Waals surface area contributed by atoms with E-state index in [4.69, 9.17) is 10.00 Å². The van der Waals surface area contributed by atoms with Gasteiger partial charge in [0.15, 0.2) is 0 Å². The lowest BCUT2D eigenvalue weighted by Crippen LogP contribution is -2.16. The van der Waals surface area contributed by atoms with E-state index >= 15 is 0 Å². The summed E-state index contributed by atoms with van der Waals surface area (Å²) in [6.07, 6.45) is 2.75. The fourth-order valence-electron chi connectivity index (χ4n) is 1.49. The first-order valence-electron chi connectivity index (χ1n) is 6.13. The highest BCUT2D eigenvalue weighted by Gasteiger charge is 1.92. The third-order valence-corrected chi connectivity index (χ3v) is 2.42. The Morgan fingerprint density at radius 2 is 1.94 bits per heavy atom. The van der Waals surface area contributed by atoms with Gasteiger partial charge in [-0.25, -0.2) is 0 Å². The number of hydrogen-bond donors (Lipinski definition) is 1. The predicted molar refractivity (Wildman–Crippen MR) is 68.4 cm³/mol. The Kier molecular flexibility index (Phi) is 7.92. The normalized spacial score (nSPS) is 10.1. The van der Waals surface area contributed by atoms with Gasteiger partial charge < -0.3 is 10.1 Å². The first-order valence-corrected chi connectivity index (χ1v) is 6.13. The van der Waals surface area contributed by atoms with E-state index in [2.05, 4.69) is 23.5 Å². The monoisotopic (exact) mass is 232 g/mol. The predicted octanol–water partition coefficient (Wildman–Crippen LogP) is 2.49. The van der Waals surface area contributed by atoms with E-state index in [1.165, 1.54) is 5.56 Å². The molecule has 1 aromatic rings. The van der Waals surface area contributed by atoms with E-state index in [1.807, 2.05) is 18.2 Å². The number of nitriles is 1. The Balaban J connectivity index is 1.87. The van der Waals surface area contributed by atoms with Gasteiger partial charge in [0.2, 0.25) is 0 Å². The van der Waals surface area contributed by atoms with Gasteiger partial charge >= 0.3 is 0 Å². The van der Waals surface area contributed by atoms with Crippen molar-refractivity contribution >= 4 is 0 Å². The fraction of sp³-hybridized carbons (Fsp3) is 0.500. The number of hydrogen-bond acceptors (Lipinski definition) is 3. The lowest BCUT2D eigenvalue weighted by molar-refractivity contribution is 0.117. The van der Waals surface area contributed by atoms with Gasteiger partial charge in [-0.15, -0.1) is 0 Å². The summed E-state index contributed by atoms with van der Waals surface area (Å²) in [4.78, 5) is 0. The van der Waals surface area contributed by atoms with Crippen LogP contribution in [0.25, 0.3) is 0 Å². The molecule has 0 unspecified atom stereocenters. The summed E-state index contributed by atoms with van der Waals surface area (Å²) in [6.45, 7) is 3.26. The van der Waals surface area contributed by atoms with Gasteiger partial charge in [-0.1, -0.05) is 30.3 Å². The van der Waals surface area contributed by atoms with Crippen LogP contribution in [0.2, 0.25) is 0 Å². The van der Waals surface area contributed by atoms with Crippen molar-refractivity contribution < 1.29 is 4.74 Å². The average molecular weight is 232 g/mol. The molecule has 0 fully saturated rings. The first-order chi connectivity index (χ1) is 8.43. The molecule has 3 heteroatoms. The molecule has 1 aromatic carbocycles. The van der Waals surface area contributed by atoms with Crippen molar-refractivity contribution in [2.24, 2.45) is 0 Å². The number of unbranched alkanes of at least 4 members (excludes halogenated alkanes) is 1. The van der Waals surface area contributed by atoms with E-state index in [-0.39, 0.29) is 0 Å². The minimum Gasteiger partial charge on any atom is -0.377 e. The number of ether oxygens (including phenoxy) is 1. The average Bonchev–Trinajstić information content (AvgIpc) is 2.38. The van der Waals surface area contributed by atoms with Crippen molar-refractivity contribution in [2.75, 3.05) is 19.7 Å². The van der Waals surface area contributed by atoms with Crippen LogP contribution >= 0.6 is 0 Å². The molecule has 3 nitrogen and oxygen atoms in total. The van der Waals surface area contributed by atoms with Crippen LogP contribution < -0.4 is 5.32 Å². The van der Waals surface area contributed by atoms with E-state index in [1.54, 1.807) is 0 Å². The zero-order valence-electron chi connectivity index (χ0n) is 10.2. The lowest BCUT2D eigenvalue weighted by Gasteiger charge is -2.05. The van der Waals surface area contributed by atoms with Crippen molar-refractivity contribution in [3.63, 3.8) is 0 Å². The van der Waals surface area contributed by atoms with E-state index in [0.29, 0.717) is 13.0 Å². The molecule has 0 spiro atoms. The van der Waals surface area contributed by atoms with Crippen molar-refractivity contribution in [1.82, 2.24) is 5.32 Å². The SMILES string of the molecule is N#CCCNCCCCOCc1ccccc1. The number of nitrogens with one attached hydrogen (secondary N) is 1. The second-order valence-electron chi connectivity index (χ2n) is 3.90. The third-order valence-electron chi connectivity index (χ3n) is 2.42. The molecule has 0 aliphatic rings. The maximum atomic E-state index is 8.34. The molecule has 0 saturated carbocycles. The minimum atomic E-state index is 0.588. The molecule has 0 aromatic heterocycles. The summed E-state index contributed by atoms with van der Waals surface area (Å²) in [5.74, 6) is 0. The van der Waals surface area contributed by atoms with Gasteiger partial charge in [0.05, 0.1) is 12.7 Å². The van der Waals surface area contributed by atoms with Crippen molar-refractivity contribution in [1.29, 1.82) is 5.26 Å². The number of benzene rings is 1. The molecular formula is C14H20N2O. The van der Waals surface area contributed by atoms with Crippen LogP contribution in [0.15, 0.2) is 30.3 Å². The second-order valence-corrected chi connectivity index (χ2v) is 3.90. The standard InChI is InChI=1S/C14H20N2O/c15-9-6-11-16-10-4-5-12-17-13-14-7-2-1-3-8-14/h1-3,7-8,16H,4-6,10-13H2. The van der Waals surface area contributed by atoms with Crippen LogP contribution in [0.3, 0.4) is 0 Å². The number of rotatable bonds is 9. The molecule has 0 atom stereocenters. The summed E-state index contributed by atoms with van der Waals surface area (Å²) in [7, 11) is 0. The van der Waals surface area contributed by atoms with Crippen LogP contribution in [0, 0.1) is 11.3 Å². The van der Waals surface area contributed by atoms with Gasteiger partial charge in [-0.3, -0.25) is 0 Å². The molecular weight excluding hydrogens is 212 g/mol. The van der Waals surface area contributed by atoms with Crippen LogP contribution in [0.1, 0.15) is 24.8 Å². The van der Waals surface area contributed by atoms with Gasteiger partial charge in [-0.05, 0) is 24.9 Å². The van der Waals surface area contributed by atoms with Gasteiger partial charge in [0.1, 0.15) is 0 Å². The highest BCUT2D eigenvalue weighted by atomic mass is 16.5. The molecule has 0 aliphatic heterocycles. The Morgan fingerprint density at radius 1 is 1.12 bits per heavy atom. The Labute approximate surface area is 103 Å². The van der Waals surface area contributed by atoms with E-state index in [0.717, 1.165) is 32.5 Å². The second kappa shape index (κ2) is 9.83. The summed E-state index contributed by atoms with van der Waals surface area (Å²) in [5, 5.41) is 11.6. The molecule has 92 valence electrons. The van der Waals surface area contributed by atoms with Crippen molar-refractivity contribution in [3.05, 3.63) is 35.9 Å².